The van der Waals surface area contributed by atoms with Crippen molar-refractivity contribution in [3.05, 3.63) is 48.9 Å². The highest BCUT2D eigenvalue weighted by Gasteiger charge is 2.26. The minimum absolute atomic E-state index is 0.522. The van der Waals surface area contributed by atoms with Crippen LogP contribution in [0.4, 0.5) is 22.9 Å². The quantitative estimate of drug-likeness (QED) is 0.424. The van der Waals surface area contributed by atoms with Crippen molar-refractivity contribution in [1.82, 2.24) is 24.6 Å². The molecule has 1 aliphatic heterocycles. The number of hydrogen-bond acceptors (Lipinski definition) is 8. The number of fused-ring (bicyclic) bond motifs is 1. The molecule has 1 aliphatic rings. The van der Waals surface area contributed by atoms with Gasteiger partial charge in [0.05, 0.1) is 41.6 Å². The fraction of sp³-hybridized carbons (Fsp3) is 0.320. The molecule has 0 saturated carbocycles. The van der Waals surface area contributed by atoms with E-state index in [9.17, 15) is 0 Å². The molecular formula is C25H30N8O. The van der Waals surface area contributed by atoms with Crippen LogP contribution in [-0.4, -0.2) is 65.0 Å². The normalized spacial score (nSPS) is 15.9. The zero-order valence-corrected chi connectivity index (χ0v) is 20.0. The van der Waals surface area contributed by atoms with E-state index in [1.807, 2.05) is 42.2 Å². The van der Waals surface area contributed by atoms with E-state index in [2.05, 4.69) is 56.4 Å². The second-order valence-corrected chi connectivity index (χ2v) is 8.92. The molecular weight excluding hydrogens is 428 g/mol. The fourth-order valence-electron chi connectivity index (χ4n) is 4.55. The molecule has 176 valence electrons. The lowest BCUT2D eigenvalue weighted by Crippen LogP contribution is -2.31. The van der Waals surface area contributed by atoms with E-state index in [0.717, 1.165) is 58.8 Å². The Bertz CT molecular complexity index is 1330. The number of benzene rings is 2. The highest BCUT2D eigenvalue weighted by Crippen LogP contribution is 2.38. The summed E-state index contributed by atoms with van der Waals surface area (Å²) in [4.78, 5) is 13.5. The number of nitrogen functional groups attached to an aromatic ring is 1. The number of hydrogen-bond donors (Lipinski definition) is 2. The maximum absolute atomic E-state index is 6.48. The molecule has 0 amide bonds. The van der Waals surface area contributed by atoms with Gasteiger partial charge in [0, 0.05) is 49.3 Å². The van der Waals surface area contributed by atoms with Gasteiger partial charge in [-0.1, -0.05) is 6.07 Å². The first kappa shape index (κ1) is 22.0. The van der Waals surface area contributed by atoms with E-state index in [-0.39, 0.29) is 0 Å². The van der Waals surface area contributed by atoms with E-state index < -0.39 is 0 Å². The van der Waals surface area contributed by atoms with Crippen molar-refractivity contribution < 1.29 is 4.74 Å². The first-order chi connectivity index (χ1) is 16.4. The van der Waals surface area contributed by atoms with Gasteiger partial charge in [-0.25, -0.2) is 9.97 Å². The Morgan fingerprint density at radius 2 is 2.00 bits per heavy atom. The SMILES string of the molecule is COc1cc(N2CCC(N(C)C)C2)c(N)cc1Nc1cc(-c2ccc3c(cnn3C)c2)ncn1. The molecule has 3 heterocycles. The molecule has 1 atom stereocenters. The number of nitrogens with zero attached hydrogens (tertiary/aromatic N) is 6. The zero-order chi connectivity index (χ0) is 23.8. The Labute approximate surface area is 199 Å². The van der Waals surface area contributed by atoms with Crippen LogP contribution in [0.3, 0.4) is 0 Å². The van der Waals surface area contributed by atoms with Gasteiger partial charge in [0.15, 0.2) is 0 Å². The monoisotopic (exact) mass is 458 g/mol. The van der Waals surface area contributed by atoms with Gasteiger partial charge in [0.1, 0.15) is 17.9 Å². The molecule has 0 aliphatic carbocycles. The van der Waals surface area contributed by atoms with Gasteiger partial charge < -0.3 is 25.6 Å². The summed E-state index contributed by atoms with van der Waals surface area (Å²) < 4.78 is 7.56. The minimum atomic E-state index is 0.522. The van der Waals surface area contributed by atoms with Crippen molar-refractivity contribution in [3.8, 4) is 17.0 Å². The molecule has 2 aromatic carbocycles. The van der Waals surface area contributed by atoms with E-state index in [4.69, 9.17) is 10.5 Å². The van der Waals surface area contributed by atoms with Gasteiger partial charge in [0.25, 0.3) is 0 Å². The van der Waals surface area contributed by atoms with E-state index in [0.29, 0.717) is 17.5 Å². The van der Waals surface area contributed by atoms with Crippen LogP contribution < -0.4 is 20.7 Å². The number of aromatic nitrogens is 4. The van der Waals surface area contributed by atoms with Gasteiger partial charge in [-0.05, 0) is 38.7 Å². The summed E-state index contributed by atoms with van der Waals surface area (Å²) in [5, 5.41) is 8.75. The highest BCUT2D eigenvalue weighted by molar-refractivity contribution is 5.84. The summed E-state index contributed by atoms with van der Waals surface area (Å²) in [5.74, 6) is 1.38. The number of ether oxygens (including phenoxy) is 1. The van der Waals surface area contributed by atoms with Crippen molar-refractivity contribution in [2.75, 3.05) is 50.2 Å². The van der Waals surface area contributed by atoms with Gasteiger partial charge in [-0.3, -0.25) is 4.68 Å². The Kier molecular flexibility index (Phi) is 5.70. The van der Waals surface area contributed by atoms with Crippen LogP contribution in [0.2, 0.25) is 0 Å². The van der Waals surface area contributed by atoms with E-state index in [1.165, 1.54) is 0 Å². The molecule has 4 aromatic rings. The molecule has 1 saturated heterocycles. The Morgan fingerprint density at radius 3 is 2.76 bits per heavy atom. The third kappa shape index (κ3) is 4.10. The second-order valence-electron chi connectivity index (χ2n) is 8.92. The number of nitrogens with one attached hydrogen (secondary N) is 1. The van der Waals surface area contributed by atoms with Crippen molar-refractivity contribution in [2.45, 2.75) is 12.5 Å². The molecule has 5 rings (SSSR count). The van der Waals surface area contributed by atoms with Gasteiger partial charge in [-0.15, -0.1) is 0 Å². The van der Waals surface area contributed by atoms with Crippen molar-refractivity contribution in [3.63, 3.8) is 0 Å². The van der Waals surface area contributed by atoms with E-state index >= 15 is 0 Å². The highest BCUT2D eigenvalue weighted by atomic mass is 16.5. The maximum atomic E-state index is 6.48. The molecule has 0 radical (unpaired) electrons. The number of aryl methyl sites for hydroxylation is 1. The molecule has 1 unspecified atom stereocenters. The molecule has 2 aromatic heterocycles. The Morgan fingerprint density at radius 1 is 1.15 bits per heavy atom. The van der Waals surface area contributed by atoms with Crippen LogP contribution >= 0.6 is 0 Å². The number of methoxy groups -OCH3 is 1. The van der Waals surface area contributed by atoms with Crippen LogP contribution in [0.1, 0.15) is 6.42 Å². The van der Waals surface area contributed by atoms with Gasteiger partial charge in [0.2, 0.25) is 0 Å². The zero-order valence-electron chi connectivity index (χ0n) is 20.0. The summed E-state index contributed by atoms with van der Waals surface area (Å²) >= 11 is 0. The Hall–Kier alpha value is -3.85. The summed E-state index contributed by atoms with van der Waals surface area (Å²) in [5.41, 5.74) is 11.8. The predicted octanol–water partition coefficient (Wildman–Crippen LogP) is 3.51. The molecule has 0 bridgehead atoms. The van der Waals surface area contributed by atoms with Crippen molar-refractivity contribution in [1.29, 1.82) is 0 Å². The van der Waals surface area contributed by atoms with E-state index in [1.54, 1.807) is 13.4 Å². The molecule has 34 heavy (non-hydrogen) atoms. The van der Waals surface area contributed by atoms with Crippen molar-refractivity contribution >= 4 is 33.8 Å². The molecule has 0 spiro atoms. The standard InChI is InChI=1S/C25H30N8O/c1-31(2)18-7-8-33(14-18)23-12-24(34-4)21(10-19(23)26)30-25-11-20(27-15-28-25)16-5-6-22-17(9-16)13-29-32(22)3/h5-6,9-13,15,18H,7-8,14,26H2,1-4H3,(H,27,28,30). The first-order valence-electron chi connectivity index (χ1n) is 11.3. The molecule has 9 nitrogen and oxygen atoms in total. The topological polar surface area (TPSA) is 97.4 Å². The summed E-state index contributed by atoms with van der Waals surface area (Å²) in [6.07, 6.45) is 4.53. The largest absolute Gasteiger partial charge is 0.494 e. The predicted molar refractivity (Wildman–Crippen MR) is 137 cm³/mol. The third-order valence-electron chi connectivity index (χ3n) is 6.55. The summed E-state index contributed by atoms with van der Waals surface area (Å²) in [7, 11) is 7.84. The lowest BCUT2D eigenvalue weighted by Gasteiger charge is -2.24. The fourth-order valence-corrected chi connectivity index (χ4v) is 4.55. The average Bonchev–Trinajstić information content (AvgIpc) is 3.47. The lowest BCUT2D eigenvalue weighted by atomic mass is 10.1. The van der Waals surface area contributed by atoms with Crippen LogP contribution in [0, 0.1) is 0 Å². The van der Waals surface area contributed by atoms with Crippen LogP contribution in [0.15, 0.2) is 48.9 Å². The Balaban J connectivity index is 1.41. The van der Waals surface area contributed by atoms with Gasteiger partial charge >= 0.3 is 0 Å². The smallest absolute Gasteiger partial charge is 0.144 e. The van der Waals surface area contributed by atoms with Crippen LogP contribution in [-0.2, 0) is 7.05 Å². The maximum Gasteiger partial charge on any atom is 0.144 e. The average molecular weight is 459 g/mol. The van der Waals surface area contributed by atoms with Crippen molar-refractivity contribution in [2.24, 2.45) is 7.05 Å². The number of anilines is 4. The first-order valence-corrected chi connectivity index (χ1v) is 11.3. The minimum Gasteiger partial charge on any atom is -0.494 e. The van der Waals surface area contributed by atoms with Gasteiger partial charge in [-0.2, -0.15) is 5.10 Å². The molecule has 1 fully saturated rings. The number of rotatable bonds is 6. The van der Waals surface area contributed by atoms with Crippen LogP contribution in [0.5, 0.6) is 5.75 Å². The third-order valence-corrected chi connectivity index (χ3v) is 6.55. The summed E-state index contributed by atoms with van der Waals surface area (Å²) in [6, 6.07) is 12.5. The second kappa shape index (κ2) is 8.83. The molecule has 3 N–H and O–H groups in total. The molecule has 9 heteroatoms. The number of likely N-dealkylation sites (N-methyl/N-ethyl adjacent to an activating group) is 1. The summed E-state index contributed by atoms with van der Waals surface area (Å²) in [6.45, 7) is 1.92. The number of nitrogens with two attached hydrogens (primary N) is 1. The van der Waals surface area contributed by atoms with Crippen LogP contribution in [0.25, 0.3) is 22.2 Å². The lowest BCUT2D eigenvalue weighted by molar-refractivity contribution is 0.315.